The predicted octanol–water partition coefficient (Wildman–Crippen LogP) is 6.40. The maximum atomic E-state index is 12.7. The molecule has 1 amide bonds. The summed E-state index contributed by atoms with van der Waals surface area (Å²) in [7, 11) is 3.60. The van der Waals surface area contributed by atoms with Crippen molar-refractivity contribution >= 4 is 23.9 Å². The van der Waals surface area contributed by atoms with Gasteiger partial charge in [-0.05, 0) is 47.2 Å². The van der Waals surface area contributed by atoms with E-state index in [1.54, 1.807) is 18.0 Å². The van der Waals surface area contributed by atoms with E-state index in [2.05, 4.69) is 72.6 Å². The SMILES string of the molecule is C=C(NC)c1cccc(OC(=O)N(C)CCCC2c3ccccc3C=Cc3ccccc32)c1. The molecule has 4 rings (SSSR count). The molecule has 168 valence electrons. The summed E-state index contributed by atoms with van der Waals surface area (Å²) in [4.78, 5) is 14.3. The van der Waals surface area contributed by atoms with E-state index in [0.717, 1.165) is 24.1 Å². The van der Waals surface area contributed by atoms with Crippen LogP contribution in [0.2, 0.25) is 0 Å². The number of carbonyl (C=O) groups is 1. The molecule has 0 atom stereocenters. The Bertz CT molecular complexity index is 1130. The topological polar surface area (TPSA) is 41.6 Å². The molecule has 0 radical (unpaired) electrons. The van der Waals surface area contributed by atoms with E-state index >= 15 is 0 Å². The van der Waals surface area contributed by atoms with Crippen molar-refractivity contribution in [2.45, 2.75) is 18.8 Å². The van der Waals surface area contributed by atoms with E-state index in [1.807, 2.05) is 25.2 Å². The average molecular weight is 439 g/mol. The Morgan fingerprint density at radius 3 is 2.24 bits per heavy atom. The molecular weight excluding hydrogens is 408 g/mol. The summed E-state index contributed by atoms with van der Waals surface area (Å²) in [6.45, 7) is 4.58. The van der Waals surface area contributed by atoms with Crippen LogP contribution < -0.4 is 10.1 Å². The second-order valence-electron chi connectivity index (χ2n) is 8.33. The first-order valence-corrected chi connectivity index (χ1v) is 11.3. The van der Waals surface area contributed by atoms with Crippen LogP contribution in [0.15, 0.2) is 79.4 Å². The van der Waals surface area contributed by atoms with E-state index in [-0.39, 0.29) is 6.09 Å². The molecule has 1 aliphatic rings. The zero-order valence-electron chi connectivity index (χ0n) is 19.3. The van der Waals surface area contributed by atoms with E-state index < -0.39 is 0 Å². The standard InChI is InChI=1S/C29H30N2O2/c1-21(30-2)24-12-8-13-25(20-24)33-29(32)31(3)19-9-16-28-26-14-6-4-10-22(26)17-18-23-11-5-7-15-27(23)28/h4-8,10-15,17-18,20,28,30H,1,9,16,19H2,2-3H3. The van der Waals surface area contributed by atoms with Crippen LogP contribution in [-0.4, -0.2) is 31.6 Å². The maximum absolute atomic E-state index is 12.7. The number of amides is 1. The Kier molecular flexibility index (Phi) is 6.94. The Labute approximate surface area is 196 Å². The monoisotopic (exact) mass is 438 g/mol. The van der Waals surface area contributed by atoms with Gasteiger partial charge in [-0.15, -0.1) is 0 Å². The van der Waals surface area contributed by atoms with Gasteiger partial charge in [0.25, 0.3) is 0 Å². The van der Waals surface area contributed by atoms with Crippen molar-refractivity contribution in [3.63, 3.8) is 0 Å². The lowest BCUT2D eigenvalue weighted by molar-refractivity contribution is 0.162. The summed E-state index contributed by atoms with van der Waals surface area (Å²) < 4.78 is 5.59. The Hall–Kier alpha value is -3.79. The molecule has 0 fully saturated rings. The van der Waals surface area contributed by atoms with Gasteiger partial charge in [0.2, 0.25) is 0 Å². The van der Waals surface area contributed by atoms with E-state index in [0.29, 0.717) is 18.2 Å². The van der Waals surface area contributed by atoms with Crippen LogP contribution in [-0.2, 0) is 0 Å². The molecular formula is C29H30N2O2. The summed E-state index contributed by atoms with van der Waals surface area (Å²) >= 11 is 0. The van der Waals surface area contributed by atoms with Crippen molar-refractivity contribution in [2.24, 2.45) is 0 Å². The van der Waals surface area contributed by atoms with Gasteiger partial charge in [-0.3, -0.25) is 0 Å². The molecule has 0 heterocycles. The molecule has 0 aromatic heterocycles. The van der Waals surface area contributed by atoms with Gasteiger partial charge in [0, 0.05) is 37.8 Å². The number of rotatable bonds is 7. The van der Waals surface area contributed by atoms with Crippen molar-refractivity contribution in [2.75, 3.05) is 20.6 Å². The minimum atomic E-state index is -0.356. The molecule has 4 heteroatoms. The summed E-state index contributed by atoms with van der Waals surface area (Å²) in [5, 5.41) is 3.01. The van der Waals surface area contributed by atoms with Crippen molar-refractivity contribution in [3.05, 3.63) is 107 Å². The Morgan fingerprint density at radius 1 is 0.970 bits per heavy atom. The van der Waals surface area contributed by atoms with Gasteiger partial charge in [0.05, 0.1) is 0 Å². The zero-order chi connectivity index (χ0) is 23.2. The third kappa shape index (κ3) is 5.17. The van der Waals surface area contributed by atoms with Gasteiger partial charge in [-0.25, -0.2) is 4.79 Å². The number of nitrogens with one attached hydrogen (secondary N) is 1. The molecule has 0 unspecified atom stereocenters. The number of fused-ring (bicyclic) bond motifs is 2. The molecule has 0 saturated heterocycles. The van der Waals surface area contributed by atoms with Crippen LogP contribution in [0.5, 0.6) is 5.75 Å². The summed E-state index contributed by atoms with van der Waals surface area (Å²) in [6, 6.07) is 24.5. The summed E-state index contributed by atoms with van der Waals surface area (Å²) in [5.74, 6) is 0.805. The molecule has 0 aliphatic heterocycles. The number of carbonyl (C=O) groups excluding carboxylic acids is 1. The maximum Gasteiger partial charge on any atom is 0.414 e. The lowest BCUT2D eigenvalue weighted by Crippen LogP contribution is -2.30. The molecule has 0 spiro atoms. The second kappa shape index (κ2) is 10.2. The fourth-order valence-corrected chi connectivity index (χ4v) is 4.31. The Morgan fingerprint density at radius 2 is 1.61 bits per heavy atom. The van der Waals surface area contributed by atoms with Gasteiger partial charge in [-0.1, -0.05) is 79.4 Å². The van der Waals surface area contributed by atoms with Crippen LogP contribution in [0.3, 0.4) is 0 Å². The van der Waals surface area contributed by atoms with Crippen LogP contribution in [0.4, 0.5) is 4.79 Å². The minimum absolute atomic E-state index is 0.293. The third-order valence-electron chi connectivity index (χ3n) is 6.17. The van der Waals surface area contributed by atoms with Crippen LogP contribution in [0, 0.1) is 0 Å². The van der Waals surface area contributed by atoms with Crippen LogP contribution in [0.1, 0.15) is 46.6 Å². The molecule has 4 nitrogen and oxygen atoms in total. The lowest BCUT2D eigenvalue weighted by atomic mass is 9.84. The fraction of sp³-hybridized carbons (Fsp3) is 0.207. The molecule has 33 heavy (non-hydrogen) atoms. The summed E-state index contributed by atoms with van der Waals surface area (Å²) in [6.07, 6.45) is 5.87. The third-order valence-corrected chi connectivity index (χ3v) is 6.17. The largest absolute Gasteiger partial charge is 0.414 e. The highest BCUT2D eigenvalue weighted by atomic mass is 16.6. The van der Waals surface area contributed by atoms with Gasteiger partial charge in [0.1, 0.15) is 5.75 Å². The summed E-state index contributed by atoms with van der Waals surface area (Å²) in [5.41, 5.74) is 6.87. The second-order valence-corrected chi connectivity index (χ2v) is 8.33. The molecule has 0 saturated carbocycles. The van der Waals surface area contributed by atoms with Crippen molar-refractivity contribution in [3.8, 4) is 5.75 Å². The van der Waals surface area contributed by atoms with Crippen LogP contribution in [0.25, 0.3) is 17.8 Å². The molecule has 3 aromatic carbocycles. The first-order valence-electron chi connectivity index (χ1n) is 11.3. The molecule has 1 N–H and O–H groups in total. The highest BCUT2D eigenvalue weighted by Crippen LogP contribution is 2.37. The fourth-order valence-electron chi connectivity index (χ4n) is 4.31. The molecule has 3 aromatic rings. The first kappa shape index (κ1) is 22.4. The quantitative estimate of drug-likeness (QED) is 0.464. The predicted molar refractivity (Wildman–Crippen MR) is 136 cm³/mol. The number of ether oxygens (including phenoxy) is 1. The van der Waals surface area contributed by atoms with Gasteiger partial charge in [-0.2, -0.15) is 0 Å². The number of hydrogen-bond donors (Lipinski definition) is 1. The Balaban J connectivity index is 1.41. The van der Waals surface area contributed by atoms with Crippen molar-refractivity contribution in [1.29, 1.82) is 0 Å². The zero-order valence-corrected chi connectivity index (χ0v) is 19.3. The minimum Gasteiger partial charge on any atom is -0.410 e. The van der Waals surface area contributed by atoms with E-state index in [1.165, 1.54) is 22.3 Å². The van der Waals surface area contributed by atoms with Crippen molar-refractivity contribution in [1.82, 2.24) is 10.2 Å². The number of benzene rings is 3. The number of hydrogen-bond acceptors (Lipinski definition) is 3. The van der Waals surface area contributed by atoms with Gasteiger partial charge >= 0.3 is 6.09 Å². The van der Waals surface area contributed by atoms with Gasteiger partial charge < -0.3 is 15.0 Å². The highest BCUT2D eigenvalue weighted by Gasteiger charge is 2.21. The van der Waals surface area contributed by atoms with Crippen LogP contribution >= 0.6 is 0 Å². The normalized spacial score (nSPS) is 12.3. The molecule has 0 bridgehead atoms. The lowest BCUT2D eigenvalue weighted by Gasteiger charge is -2.22. The first-order chi connectivity index (χ1) is 16.1. The highest BCUT2D eigenvalue weighted by molar-refractivity contribution is 5.76. The smallest absolute Gasteiger partial charge is 0.410 e. The van der Waals surface area contributed by atoms with E-state index in [9.17, 15) is 4.79 Å². The average Bonchev–Trinajstić information content (AvgIpc) is 3.01. The van der Waals surface area contributed by atoms with Crippen molar-refractivity contribution < 1.29 is 9.53 Å². The van der Waals surface area contributed by atoms with Gasteiger partial charge in [0.15, 0.2) is 0 Å². The number of nitrogens with zero attached hydrogens (tertiary/aromatic N) is 1. The van der Waals surface area contributed by atoms with E-state index in [4.69, 9.17) is 4.74 Å². The molecule has 1 aliphatic carbocycles.